The van der Waals surface area contributed by atoms with Crippen LogP contribution in [0.5, 0.6) is 0 Å². The smallest absolute Gasteiger partial charge is 0.328 e. The summed E-state index contributed by atoms with van der Waals surface area (Å²) in [6.07, 6.45) is -6.06. The van der Waals surface area contributed by atoms with Crippen molar-refractivity contribution in [1.82, 2.24) is 5.32 Å². The van der Waals surface area contributed by atoms with Crippen molar-refractivity contribution in [3.8, 4) is 0 Å². The summed E-state index contributed by atoms with van der Waals surface area (Å²) in [5.41, 5.74) is 0. The molecule has 0 fully saturated rings. The predicted molar refractivity (Wildman–Crippen MR) is 80.3 cm³/mol. The van der Waals surface area contributed by atoms with Gasteiger partial charge in [0.1, 0.15) is 23.7 Å². The first-order chi connectivity index (χ1) is 9.63. The number of nitrogens with zero attached hydrogens (tertiary/aromatic N) is 1. The number of nitroso groups, excluding NO2 is 1. The van der Waals surface area contributed by atoms with E-state index in [0.29, 0.717) is 0 Å². The number of aliphatic hydroxyl groups is 4. The van der Waals surface area contributed by atoms with Crippen LogP contribution in [0.1, 0.15) is 6.92 Å². The van der Waals surface area contributed by atoms with Crippen molar-refractivity contribution >= 4 is 35.8 Å². The van der Waals surface area contributed by atoms with Crippen LogP contribution >= 0.6 is 24.8 Å². The lowest BCUT2D eigenvalue weighted by molar-refractivity contribution is -0.141. The van der Waals surface area contributed by atoms with Crippen LogP contribution in [-0.2, 0) is 4.79 Å². The molecule has 6 atom stereocenters. The van der Waals surface area contributed by atoms with Crippen LogP contribution in [0.15, 0.2) is 5.18 Å². The summed E-state index contributed by atoms with van der Waals surface area (Å²) in [5.74, 6) is -1.39. The van der Waals surface area contributed by atoms with Crippen molar-refractivity contribution in [2.75, 3.05) is 6.54 Å². The number of aliphatic carboxylic acids is 1. The van der Waals surface area contributed by atoms with Gasteiger partial charge in [0.15, 0.2) is 6.04 Å². The van der Waals surface area contributed by atoms with Crippen LogP contribution in [0.4, 0.5) is 0 Å². The molecule has 0 bridgehead atoms. The van der Waals surface area contributed by atoms with Gasteiger partial charge in [-0.2, -0.15) is 17.5 Å². The summed E-state index contributed by atoms with van der Waals surface area (Å²) < 4.78 is 0. The molecule has 21 heavy (non-hydrogen) atoms. The van der Waals surface area contributed by atoms with E-state index in [4.69, 9.17) is 17.3 Å². The number of rotatable bonds is 9. The fourth-order valence-electron chi connectivity index (χ4n) is 1.38. The maximum absolute atomic E-state index is 10.9. The second kappa shape index (κ2) is 9.23. The quantitative estimate of drug-likeness (QED) is 0.141. The summed E-state index contributed by atoms with van der Waals surface area (Å²) in [6, 6.07) is -1.45. The van der Waals surface area contributed by atoms with Gasteiger partial charge in [-0.05, 0) is 6.92 Å². The third-order valence-corrected chi connectivity index (χ3v) is 3.59. The van der Waals surface area contributed by atoms with Crippen LogP contribution in [0.2, 0.25) is 0 Å². The molecule has 6 N–H and O–H groups in total. The predicted octanol–water partition coefficient (Wildman–Crippen LogP) is -2.12. The minimum Gasteiger partial charge on any atom is -0.480 e. The lowest BCUT2D eigenvalue weighted by atomic mass is 10.0. The molecule has 122 valence electrons. The topological polar surface area (TPSA) is 160 Å². The Morgan fingerprint density at radius 3 is 2.24 bits per heavy atom. The molecule has 0 heterocycles. The molecule has 0 radical (unpaired) electrons. The lowest BCUT2D eigenvalue weighted by Crippen LogP contribution is -2.54. The fraction of sp³-hybridized carbons (Fsp3) is 0.800. The van der Waals surface area contributed by atoms with E-state index in [1.54, 1.807) is 0 Å². The van der Waals surface area contributed by atoms with E-state index in [0.717, 1.165) is 0 Å². The number of carboxylic acid groups (broad SMARTS) is 1. The molecular weight excluding hydrogens is 324 g/mol. The van der Waals surface area contributed by atoms with Gasteiger partial charge in [0.25, 0.3) is 0 Å². The molecule has 0 aromatic heterocycles. The summed E-state index contributed by atoms with van der Waals surface area (Å²) >= 11 is 8.65. The Morgan fingerprint density at radius 2 is 1.86 bits per heavy atom. The summed E-state index contributed by atoms with van der Waals surface area (Å²) in [5, 5.41) is 50.4. The van der Waals surface area contributed by atoms with Crippen molar-refractivity contribution in [2.45, 2.75) is 42.6 Å². The molecule has 0 saturated heterocycles. The molecule has 0 aromatic carbocycles. The maximum atomic E-state index is 10.9. The van der Waals surface area contributed by atoms with Gasteiger partial charge in [0.2, 0.25) is 0 Å². The summed E-state index contributed by atoms with van der Waals surface area (Å²) in [4.78, 5) is 20.5. The van der Waals surface area contributed by atoms with E-state index >= 15 is 0 Å². The Bertz CT molecular complexity index is 382. The molecule has 0 aliphatic heterocycles. The van der Waals surface area contributed by atoms with Gasteiger partial charge in [-0.1, -0.05) is 17.4 Å². The van der Waals surface area contributed by atoms with Gasteiger partial charge in [-0.15, -0.1) is 0 Å². The highest BCUT2D eigenvalue weighted by atomic mass is 32.1. The molecule has 0 aromatic rings. The van der Waals surface area contributed by atoms with E-state index in [9.17, 15) is 30.1 Å². The van der Waals surface area contributed by atoms with E-state index in [1.165, 1.54) is 6.92 Å². The number of carboxylic acids is 1. The van der Waals surface area contributed by atoms with Gasteiger partial charge in [-0.25, -0.2) is 4.79 Å². The zero-order chi connectivity index (χ0) is 16.7. The number of thiocarbonyl (C=S) groups is 1. The van der Waals surface area contributed by atoms with Crippen molar-refractivity contribution in [1.29, 1.82) is 0 Å². The summed E-state index contributed by atoms with van der Waals surface area (Å²) in [6.45, 7) is 0.615. The highest BCUT2D eigenvalue weighted by Gasteiger charge is 2.34. The van der Waals surface area contributed by atoms with Crippen molar-refractivity contribution in [3.63, 3.8) is 0 Å². The molecule has 0 saturated carbocycles. The minimum atomic E-state index is -1.62. The second-order valence-corrected chi connectivity index (χ2v) is 5.41. The summed E-state index contributed by atoms with van der Waals surface area (Å²) in [7, 11) is 0. The second-order valence-electron chi connectivity index (χ2n) is 4.37. The minimum absolute atomic E-state index is 0.381. The molecule has 0 aliphatic carbocycles. The Morgan fingerprint density at radius 1 is 1.33 bits per heavy atom. The number of nitrogens with one attached hydrogen (secondary N) is 1. The van der Waals surface area contributed by atoms with Gasteiger partial charge >= 0.3 is 5.97 Å². The zero-order valence-electron chi connectivity index (χ0n) is 11.0. The average Bonchev–Trinajstić information content (AvgIpc) is 2.41. The monoisotopic (exact) mass is 342 g/mol. The Kier molecular flexibility index (Phi) is 8.85. The zero-order valence-corrected chi connectivity index (χ0v) is 12.7. The first-order valence-corrected chi connectivity index (χ1v) is 6.78. The highest BCUT2D eigenvalue weighted by molar-refractivity contribution is 7.82. The molecule has 9 nitrogen and oxygen atoms in total. The SMILES string of the molecule is CC(O)C(NC(=S)[C@@H](O)[C@H](S)[C@@H](O)[C@@H](O)CN=O)C(=O)O. The molecule has 11 heteroatoms. The fourth-order valence-corrected chi connectivity index (χ4v) is 2.10. The van der Waals surface area contributed by atoms with Crippen molar-refractivity contribution in [3.05, 3.63) is 4.91 Å². The van der Waals surface area contributed by atoms with E-state index in [1.807, 2.05) is 0 Å². The Labute approximate surface area is 131 Å². The average molecular weight is 342 g/mol. The molecule has 0 rings (SSSR count). The van der Waals surface area contributed by atoms with Crippen LogP contribution in [0, 0.1) is 4.91 Å². The normalized spacial score (nSPS) is 19.7. The Hall–Kier alpha value is -0.850. The van der Waals surface area contributed by atoms with Crippen LogP contribution in [0.25, 0.3) is 0 Å². The van der Waals surface area contributed by atoms with Gasteiger partial charge in [-0.3, -0.25) is 0 Å². The molecule has 2 unspecified atom stereocenters. The largest absolute Gasteiger partial charge is 0.480 e. The van der Waals surface area contributed by atoms with Crippen LogP contribution in [-0.4, -0.2) is 78.7 Å². The molecule has 0 amide bonds. The van der Waals surface area contributed by atoms with Gasteiger partial charge in [0, 0.05) is 0 Å². The highest BCUT2D eigenvalue weighted by Crippen LogP contribution is 2.13. The molecule has 0 aliphatic rings. The Balaban J connectivity index is 4.75. The third kappa shape index (κ3) is 6.20. The third-order valence-electron chi connectivity index (χ3n) is 2.64. The molecular formula is C10H18N2O7S2. The first kappa shape index (κ1) is 20.1. The number of hydrogen-bond donors (Lipinski definition) is 7. The lowest BCUT2D eigenvalue weighted by Gasteiger charge is -2.28. The van der Waals surface area contributed by atoms with E-state index in [-0.39, 0.29) is 4.99 Å². The number of thiol groups is 1. The van der Waals surface area contributed by atoms with Gasteiger partial charge in [0.05, 0.1) is 17.5 Å². The standard InChI is InChI=1S/C10H18N2O7S2/c1-3(13)5(10(17)18)12-9(21)7(16)8(20)6(15)4(14)2-11-19/h3-8,13-16,20H,2H2,1H3,(H,12,21)(H,17,18)/t3?,4-,5?,6-,7-,8+/m0/s1. The number of aliphatic hydroxyl groups excluding tert-OH is 4. The van der Waals surface area contributed by atoms with Crippen molar-refractivity contribution < 1.29 is 30.3 Å². The molecule has 0 spiro atoms. The van der Waals surface area contributed by atoms with Crippen LogP contribution < -0.4 is 5.32 Å². The number of hydrogen-bond acceptors (Lipinski definition) is 9. The van der Waals surface area contributed by atoms with E-state index < -0.39 is 48.2 Å². The van der Waals surface area contributed by atoms with Crippen molar-refractivity contribution in [2.24, 2.45) is 5.18 Å². The number of carbonyl (C=O) groups is 1. The maximum Gasteiger partial charge on any atom is 0.328 e. The van der Waals surface area contributed by atoms with E-state index in [2.05, 4.69) is 23.1 Å². The first-order valence-electron chi connectivity index (χ1n) is 5.86. The van der Waals surface area contributed by atoms with Gasteiger partial charge < -0.3 is 30.8 Å². The van der Waals surface area contributed by atoms with Crippen LogP contribution in [0.3, 0.4) is 0 Å².